The predicted octanol–water partition coefficient (Wildman–Crippen LogP) is 6.37. The van der Waals surface area contributed by atoms with Gasteiger partial charge in [0.05, 0.1) is 24.8 Å². The average Bonchev–Trinajstić information content (AvgIpc) is 3.09. The third-order valence-corrected chi connectivity index (χ3v) is 9.97. The van der Waals surface area contributed by atoms with Crippen molar-refractivity contribution in [2.45, 2.75) is 37.2 Å². The number of nitrogens with zero attached hydrogens (tertiary/aromatic N) is 2. The number of methoxy groups -OCH3 is 2. The number of sulfonamides is 1. The molecule has 12 heteroatoms. The second-order valence-corrected chi connectivity index (χ2v) is 13.3. The number of anilines is 1. The Hall–Kier alpha value is -4.25. The van der Waals surface area contributed by atoms with Crippen LogP contribution in [0.15, 0.2) is 102 Å². The molecule has 0 saturated heterocycles. The fourth-order valence-electron chi connectivity index (χ4n) is 5.00. The standard InChI is InChI=1S/C35H37Cl2N3O6S/c1-4-21-38-35(42)32(22-25-11-6-5-7-12-25)39(23-28-29(36)13-10-14-30(28)37)34(41)24-40(31-15-8-9-16-33(31)46-3)47(43,44)27-19-17-26(45-2)18-20-27/h5-20,32H,4,21-24H2,1-3H3,(H,38,42)/t32-/m0/s1. The summed E-state index contributed by atoms with van der Waals surface area (Å²) in [7, 11) is -1.46. The van der Waals surface area contributed by atoms with Gasteiger partial charge in [0, 0.05) is 35.1 Å². The molecule has 9 nitrogen and oxygen atoms in total. The SMILES string of the molecule is CCCNC(=O)[C@H](Cc1ccccc1)N(Cc1c(Cl)cccc1Cl)C(=O)CN(c1ccccc1OC)S(=O)(=O)c1ccc(OC)cc1. The van der Waals surface area contributed by atoms with Crippen molar-refractivity contribution in [1.82, 2.24) is 10.2 Å². The van der Waals surface area contributed by atoms with E-state index >= 15 is 0 Å². The van der Waals surface area contributed by atoms with Gasteiger partial charge in [0.1, 0.15) is 24.1 Å². The molecule has 4 rings (SSSR count). The first-order chi connectivity index (χ1) is 22.6. The molecule has 0 aliphatic carbocycles. The molecule has 4 aromatic carbocycles. The van der Waals surface area contributed by atoms with Crippen molar-refractivity contribution in [3.05, 3.63) is 118 Å². The van der Waals surface area contributed by atoms with E-state index in [9.17, 15) is 18.0 Å². The maximum atomic E-state index is 14.6. The second-order valence-electron chi connectivity index (χ2n) is 10.6. The summed E-state index contributed by atoms with van der Waals surface area (Å²) in [6, 6.07) is 25.6. The van der Waals surface area contributed by atoms with E-state index in [-0.39, 0.29) is 29.3 Å². The van der Waals surface area contributed by atoms with Crippen molar-refractivity contribution < 1.29 is 27.5 Å². The number of hydrogen-bond acceptors (Lipinski definition) is 6. The molecule has 0 aromatic heterocycles. The van der Waals surface area contributed by atoms with Crippen LogP contribution in [-0.4, -0.2) is 58.5 Å². The van der Waals surface area contributed by atoms with E-state index in [1.165, 1.54) is 43.4 Å². The van der Waals surface area contributed by atoms with E-state index < -0.39 is 34.4 Å². The van der Waals surface area contributed by atoms with Gasteiger partial charge in [0.25, 0.3) is 10.0 Å². The molecule has 47 heavy (non-hydrogen) atoms. The van der Waals surface area contributed by atoms with Gasteiger partial charge >= 0.3 is 0 Å². The van der Waals surface area contributed by atoms with Crippen LogP contribution in [0.5, 0.6) is 11.5 Å². The maximum absolute atomic E-state index is 14.6. The van der Waals surface area contributed by atoms with Crippen molar-refractivity contribution in [3.8, 4) is 11.5 Å². The normalized spacial score (nSPS) is 11.8. The van der Waals surface area contributed by atoms with Crippen LogP contribution < -0.4 is 19.1 Å². The Morgan fingerprint density at radius 1 is 0.830 bits per heavy atom. The van der Waals surface area contributed by atoms with Gasteiger partial charge in [-0.2, -0.15) is 0 Å². The first-order valence-electron chi connectivity index (χ1n) is 14.9. The van der Waals surface area contributed by atoms with E-state index in [2.05, 4.69) is 5.32 Å². The molecule has 0 bridgehead atoms. The summed E-state index contributed by atoms with van der Waals surface area (Å²) in [5.74, 6) is -0.348. The van der Waals surface area contributed by atoms with Crippen molar-refractivity contribution in [2.75, 3.05) is 31.6 Å². The van der Waals surface area contributed by atoms with E-state index in [4.69, 9.17) is 32.7 Å². The van der Waals surface area contributed by atoms with Crippen molar-refractivity contribution in [3.63, 3.8) is 0 Å². The Balaban J connectivity index is 1.85. The summed E-state index contributed by atoms with van der Waals surface area (Å²) in [4.78, 5) is 29.7. The number of carbonyl (C=O) groups is 2. The maximum Gasteiger partial charge on any atom is 0.264 e. The van der Waals surface area contributed by atoms with Crippen LogP contribution in [0.1, 0.15) is 24.5 Å². The van der Waals surface area contributed by atoms with Gasteiger partial charge in [-0.15, -0.1) is 0 Å². The number of halogens is 2. The molecule has 248 valence electrons. The molecule has 0 unspecified atom stereocenters. The predicted molar refractivity (Wildman–Crippen MR) is 185 cm³/mol. The molecule has 0 spiro atoms. The molecular formula is C35H37Cl2N3O6S. The largest absolute Gasteiger partial charge is 0.497 e. The third kappa shape index (κ3) is 8.77. The highest BCUT2D eigenvalue weighted by molar-refractivity contribution is 7.92. The zero-order valence-corrected chi connectivity index (χ0v) is 28.7. The molecule has 0 aliphatic rings. The fourth-order valence-corrected chi connectivity index (χ4v) is 6.94. The number of carbonyl (C=O) groups excluding carboxylic acids is 2. The molecule has 0 saturated carbocycles. The van der Waals surface area contributed by atoms with Crippen LogP contribution in [0.25, 0.3) is 0 Å². The quantitative estimate of drug-likeness (QED) is 0.155. The monoisotopic (exact) mass is 697 g/mol. The zero-order chi connectivity index (χ0) is 34.0. The van der Waals surface area contributed by atoms with E-state index in [0.29, 0.717) is 34.3 Å². The van der Waals surface area contributed by atoms with Gasteiger partial charge in [0.2, 0.25) is 11.8 Å². The molecule has 0 heterocycles. The summed E-state index contributed by atoms with van der Waals surface area (Å²) in [6.07, 6.45) is 0.833. The molecule has 2 amide bonds. The lowest BCUT2D eigenvalue weighted by Crippen LogP contribution is -2.53. The lowest BCUT2D eigenvalue weighted by Gasteiger charge is -2.34. The van der Waals surface area contributed by atoms with E-state index in [1.54, 1.807) is 42.5 Å². The number of amides is 2. The Morgan fingerprint density at radius 3 is 2.09 bits per heavy atom. The molecule has 0 aliphatic heterocycles. The summed E-state index contributed by atoms with van der Waals surface area (Å²) < 4.78 is 40.3. The van der Waals surface area contributed by atoms with Gasteiger partial charge in [-0.3, -0.25) is 13.9 Å². The fraction of sp³-hybridized carbons (Fsp3) is 0.257. The lowest BCUT2D eigenvalue weighted by molar-refractivity contribution is -0.140. The van der Waals surface area contributed by atoms with Gasteiger partial charge in [-0.25, -0.2) is 8.42 Å². The minimum Gasteiger partial charge on any atom is -0.497 e. The third-order valence-electron chi connectivity index (χ3n) is 7.49. The number of benzene rings is 4. The topological polar surface area (TPSA) is 105 Å². The number of nitrogens with one attached hydrogen (secondary N) is 1. The van der Waals surface area contributed by atoms with E-state index in [0.717, 1.165) is 9.87 Å². The minimum absolute atomic E-state index is 0.0702. The van der Waals surface area contributed by atoms with Gasteiger partial charge in [-0.1, -0.05) is 78.7 Å². The molecule has 1 atom stereocenters. The van der Waals surface area contributed by atoms with Crippen LogP contribution in [0, 0.1) is 0 Å². The van der Waals surface area contributed by atoms with Crippen molar-refractivity contribution in [1.29, 1.82) is 0 Å². The number of hydrogen-bond donors (Lipinski definition) is 1. The highest BCUT2D eigenvalue weighted by Crippen LogP contribution is 2.34. The first kappa shape index (κ1) is 35.6. The Bertz CT molecular complexity index is 1750. The van der Waals surface area contributed by atoms with Crippen LogP contribution in [0.3, 0.4) is 0 Å². The van der Waals surface area contributed by atoms with Crippen LogP contribution in [0.2, 0.25) is 10.0 Å². The first-order valence-corrected chi connectivity index (χ1v) is 17.1. The average molecular weight is 699 g/mol. The molecule has 0 radical (unpaired) electrons. The van der Waals surface area contributed by atoms with Gasteiger partial charge < -0.3 is 19.7 Å². The van der Waals surface area contributed by atoms with Crippen molar-refractivity contribution in [2.24, 2.45) is 0 Å². The van der Waals surface area contributed by atoms with Crippen LogP contribution >= 0.6 is 23.2 Å². The lowest BCUT2D eigenvalue weighted by atomic mass is 10.0. The van der Waals surface area contributed by atoms with Gasteiger partial charge in [0.15, 0.2) is 0 Å². The van der Waals surface area contributed by atoms with Gasteiger partial charge in [-0.05, 0) is 60.5 Å². The number of ether oxygens (including phenoxy) is 2. The minimum atomic E-state index is -4.35. The molecular weight excluding hydrogens is 661 g/mol. The highest BCUT2D eigenvalue weighted by Gasteiger charge is 2.36. The Labute approximate surface area is 286 Å². The summed E-state index contributed by atoms with van der Waals surface area (Å²) in [5, 5.41) is 3.51. The molecule has 4 aromatic rings. The van der Waals surface area contributed by atoms with E-state index in [1.807, 2.05) is 37.3 Å². The highest BCUT2D eigenvalue weighted by atomic mass is 35.5. The number of rotatable bonds is 15. The zero-order valence-electron chi connectivity index (χ0n) is 26.4. The molecule has 1 N–H and O–H groups in total. The summed E-state index contributed by atoms with van der Waals surface area (Å²) in [6.45, 7) is 1.49. The molecule has 0 fully saturated rings. The summed E-state index contributed by atoms with van der Waals surface area (Å²) >= 11 is 13.1. The van der Waals surface area contributed by atoms with Crippen LogP contribution in [-0.2, 0) is 32.6 Å². The number of para-hydroxylation sites is 2. The van der Waals surface area contributed by atoms with Crippen molar-refractivity contribution >= 4 is 50.7 Å². The smallest absolute Gasteiger partial charge is 0.264 e. The van der Waals surface area contributed by atoms with Crippen LogP contribution in [0.4, 0.5) is 5.69 Å². The second kappa shape index (κ2) is 16.5. The summed E-state index contributed by atoms with van der Waals surface area (Å²) in [5.41, 5.74) is 1.37. The Kier molecular flexibility index (Phi) is 12.5. The Morgan fingerprint density at radius 2 is 1.47 bits per heavy atom.